The molecule has 1 aliphatic rings. The molecule has 0 radical (unpaired) electrons. The van der Waals surface area contributed by atoms with E-state index in [1.165, 1.54) is 12.1 Å². The first-order chi connectivity index (χ1) is 11.7. The molecule has 0 aromatic heterocycles. The van der Waals surface area contributed by atoms with Gasteiger partial charge in [-0.1, -0.05) is 6.92 Å². The van der Waals surface area contributed by atoms with E-state index in [4.69, 9.17) is 5.11 Å². The van der Waals surface area contributed by atoms with Crippen molar-refractivity contribution in [2.24, 2.45) is 0 Å². The van der Waals surface area contributed by atoms with Gasteiger partial charge in [0.05, 0.1) is 11.3 Å². The molecule has 1 amide bonds. The zero-order chi connectivity index (χ0) is 18.6. The number of amides is 1. The molecule has 2 rings (SSSR count). The molecule has 0 unspecified atom stereocenters. The number of aryl methyl sites for hydroxylation is 1. The molecule has 0 bridgehead atoms. The molecule has 138 valence electrons. The van der Waals surface area contributed by atoms with Crippen molar-refractivity contribution >= 4 is 21.9 Å². The monoisotopic (exact) mass is 368 g/mol. The smallest absolute Gasteiger partial charge is 0.335 e. The minimum absolute atomic E-state index is 0.0885. The maximum atomic E-state index is 12.6. The second-order valence-electron chi connectivity index (χ2n) is 6.40. The van der Waals surface area contributed by atoms with E-state index in [0.717, 1.165) is 0 Å². The Morgan fingerprint density at radius 3 is 2.36 bits per heavy atom. The Morgan fingerprint density at radius 1 is 1.20 bits per heavy atom. The van der Waals surface area contributed by atoms with Crippen LogP contribution in [0.3, 0.4) is 0 Å². The van der Waals surface area contributed by atoms with Gasteiger partial charge in [-0.05, 0) is 49.9 Å². The second kappa shape index (κ2) is 7.97. The van der Waals surface area contributed by atoms with Gasteiger partial charge >= 0.3 is 5.97 Å². The van der Waals surface area contributed by atoms with Gasteiger partial charge in [-0.25, -0.2) is 17.9 Å². The highest BCUT2D eigenvalue weighted by Crippen LogP contribution is 2.17. The van der Waals surface area contributed by atoms with Gasteiger partial charge in [0.2, 0.25) is 10.0 Å². The number of carboxylic acid groups (broad SMARTS) is 1. The van der Waals surface area contributed by atoms with Gasteiger partial charge in [0, 0.05) is 24.7 Å². The predicted octanol–water partition coefficient (Wildman–Crippen LogP) is 1.63. The van der Waals surface area contributed by atoms with E-state index in [1.54, 1.807) is 17.9 Å². The highest BCUT2D eigenvalue weighted by atomic mass is 32.2. The molecule has 1 saturated heterocycles. The van der Waals surface area contributed by atoms with Crippen molar-refractivity contribution in [2.45, 2.75) is 39.2 Å². The topological polar surface area (TPSA) is 104 Å². The summed E-state index contributed by atoms with van der Waals surface area (Å²) in [6, 6.07) is 4.42. The molecule has 0 aliphatic carbocycles. The Morgan fingerprint density at radius 2 is 1.80 bits per heavy atom. The zero-order valence-electron chi connectivity index (χ0n) is 14.5. The Bertz CT molecular complexity index is 752. The number of nitrogens with one attached hydrogen (secondary N) is 1. The molecule has 1 heterocycles. The number of benzene rings is 1. The van der Waals surface area contributed by atoms with Crippen LogP contribution >= 0.6 is 0 Å². The van der Waals surface area contributed by atoms with E-state index < -0.39 is 16.0 Å². The first kappa shape index (κ1) is 19.4. The van der Waals surface area contributed by atoms with E-state index in [2.05, 4.69) is 4.72 Å². The molecule has 1 aliphatic heterocycles. The molecule has 7 nitrogen and oxygen atoms in total. The molecule has 1 aromatic rings. The number of nitrogens with zero attached hydrogens (tertiary/aromatic N) is 1. The maximum absolute atomic E-state index is 12.6. The van der Waals surface area contributed by atoms with Gasteiger partial charge in [0.15, 0.2) is 0 Å². The van der Waals surface area contributed by atoms with E-state index in [9.17, 15) is 18.0 Å². The van der Waals surface area contributed by atoms with E-state index in [0.29, 0.717) is 43.5 Å². The molecule has 2 N–H and O–H groups in total. The zero-order valence-corrected chi connectivity index (χ0v) is 15.3. The average Bonchev–Trinajstić information content (AvgIpc) is 2.53. The fraction of sp³-hybridized carbons (Fsp3) is 0.529. The van der Waals surface area contributed by atoms with E-state index >= 15 is 0 Å². The fourth-order valence-electron chi connectivity index (χ4n) is 2.99. The molecular formula is C17H24N2O5S. The van der Waals surface area contributed by atoms with Gasteiger partial charge in [0.25, 0.3) is 5.91 Å². The Hall–Kier alpha value is -1.93. The normalized spacial score (nSPS) is 16.0. The van der Waals surface area contributed by atoms with Crippen molar-refractivity contribution in [3.63, 3.8) is 0 Å². The third-order valence-electron chi connectivity index (χ3n) is 4.17. The van der Waals surface area contributed by atoms with Crippen LogP contribution in [0.2, 0.25) is 0 Å². The minimum atomic E-state index is -3.26. The fourth-order valence-corrected chi connectivity index (χ4v) is 4.39. The van der Waals surface area contributed by atoms with Gasteiger partial charge in [-0.2, -0.15) is 0 Å². The van der Waals surface area contributed by atoms with Crippen LogP contribution in [-0.2, 0) is 10.0 Å². The summed E-state index contributed by atoms with van der Waals surface area (Å²) in [5.74, 6) is -1.18. The summed E-state index contributed by atoms with van der Waals surface area (Å²) in [6.45, 7) is 4.44. The van der Waals surface area contributed by atoms with Crippen molar-refractivity contribution in [3.8, 4) is 0 Å². The van der Waals surface area contributed by atoms with Crippen LogP contribution in [-0.4, -0.2) is 55.2 Å². The van der Waals surface area contributed by atoms with Gasteiger partial charge in [-0.3, -0.25) is 4.79 Å². The largest absolute Gasteiger partial charge is 0.478 e. The Kier molecular flexibility index (Phi) is 6.18. The van der Waals surface area contributed by atoms with Gasteiger partial charge in [0.1, 0.15) is 0 Å². The van der Waals surface area contributed by atoms with E-state index in [-0.39, 0.29) is 23.3 Å². The molecular weight excluding hydrogens is 344 g/mol. The molecule has 0 atom stereocenters. The van der Waals surface area contributed by atoms with Crippen molar-refractivity contribution in [3.05, 3.63) is 34.9 Å². The van der Waals surface area contributed by atoms with Crippen molar-refractivity contribution in [1.29, 1.82) is 0 Å². The van der Waals surface area contributed by atoms with E-state index in [1.807, 2.05) is 6.92 Å². The first-order valence-electron chi connectivity index (χ1n) is 8.36. The highest BCUT2D eigenvalue weighted by Gasteiger charge is 2.26. The minimum Gasteiger partial charge on any atom is -0.478 e. The summed E-state index contributed by atoms with van der Waals surface area (Å²) in [5.41, 5.74) is 1.15. The van der Waals surface area contributed by atoms with Crippen LogP contribution in [0.1, 0.15) is 52.5 Å². The number of rotatable bonds is 6. The second-order valence-corrected chi connectivity index (χ2v) is 8.27. The maximum Gasteiger partial charge on any atom is 0.335 e. The van der Waals surface area contributed by atoms with Crippen LogP contribution in [0.4, 0.5) is 0 Å². The highest BCUT2D eigenvalue weighted by molar-refractivity contribution is 7.89. The quantitative estimate of drug-likeness (QED) is 0.794. The number of likely N-dealkylation sites (tertiary alicyclic amines) is 1. The number of aromatic carboxylic acids is 1. The summed E-state index contributed by atoms with van der Waals surface area (Å²) >= 11 is 0. The van der Waals surface area contributed by atoms with Gasteiger partial charge in [-0.15, -0.1) is 0 Å². The summed E-state index contributed by atoms with van der Waals surface area (Å²) < 4.78 is 26.3. The molecule has 25 heavy (non-hydrogen) atoms. The molecule has 1 aromatic carbocycles. The third-order valence-corrected chi connectivity index (χ3v) is 5.81. The SMILES string of the molecule is CCCS(=O)(=O)NC1CCN(C(=O)c2cc(C)cc(C(=O)O)c2)CC1. The number of piperidine rings is 1. The third kappa shape index (κ3) is 5.27. The summed E-state index contributed by atoms with van der Waals surface area (Å²) in [7, 11) is -3.26. The summed E-state index contributed by atoms with van der Waals surface area (Å²) in [4.78, 5) is 25.4. The molecule has 0 saturated carbocycles. The summed E-state index contributed by atoms with van der Waals surface area (Å²) in [6.07, 6.45) is 1.66. The lowest BCUT2D eigenvalue weighted by atomic mass is 10.0. The van der Waals surface area contributed by atoms with Crippen LogP contribution in [0.15, 0.2) is 18.2 Å². The molecule has 8 heteroatoms. The number of hydrogen-bond donors (Lipinski definition) is 2. The lowest BCUT2D eigenvalue weighted by Gasteiger charge is -2.32. The first-order valence-corrected chi connectivity index (χ1v) is 10.0. The van der Waals surface area contributed by atoms with Crippen molar-refractivity contribution in [2.75, 3.05) is 18.8 Å². The standard InChI is InChI=1S/C17H24N2O5S/c1-3-8-25(23,24)18-15-4-6-19(7-5-15)16(20)13-9-12(2)10-14(11-13)17(21)22/h9-11,15,18H,3-8H2,1-2H3,(H,21,22). The van der Waals surface area contributed by atoms with Crippen LogP contribution < -0.4 is 4.72 Å². The van der Waals surface area contributed by atoms with Crippen molar-refractivity contribution < 1.29 is 23.1 Å². The van der Waals surface area contributed by atoms with Gasteiger partial charge < -0.3 is 10.0 Å². The van der Waals surface area contributed by atoms with Crippen LogP contribution in [0, 0.1) is 6.92 Å². The molecule has 1 fully saturated rings. The number of carbonyl (C=O) groups is 2. The Labute approximate surface area is 148 Å². The van der Waals surface area contributed by atoms with Crippen molar-refractivity contribution in [1.82, 2.24) is 9.62 Å². The van der Waals surface area contributed by atoms with Crippen LogP contribution in [0.5, 0.6) is 0 Å². The number of carboxylic acids is 1. The predicted molar refractivity (Wildman–Crippen MR) is 94.3 cm³/mol. The average molecular weight is 368 g/mol. The van der Waals surface area contributed by atoms with Crippen LogP contribution in [0.25, 0.3) is 0 Å². The summed E-state index contributed by atoms with van der Waals surface area (Å²) in [5, 5.41) is 9.12. The molecule has 0 spiro atoms. The lowest BCUT2D eigenvalue weighted by Crippen LogP contribution is -2.47. The lowest BCUT2D eigenvalue weighted by molar-refractivity contribution is 0.0696. The number of hydrogen-bond acceptors (Lipinski definition) is 4. The Balaban J connectivity index is 2.01. The number of sulfonamides is 1. The number of carbonyl (C=O) groups excluding carboxylic acids is 1.